The van der Waals surface area contributed by atoms with Crippen LogP contribution in [-0.2, 0) is 22.6 Å². The average molecular weight is 460 g/mol. The highest BCUT2D eigenvalue weighted by Gasteiger charge is 1.93. The van der Waals surface area contributed by atoms with Crippen LogP contribution in [0.3, 0.4) is 0 Å². The van der Waals surface area contributed by atoms with Gasteiger partial charge in [-0.15, -0.1) is 5.26 Å². The van der Waals surface area contributed by atoms with Crippen LogP contribution in [0, 0.1) is 11.5 Å². The standard InChI is InChI=1S/C8H8BrNO.C6H7BrN2.CHNO2/c9-7-3-4-10-8(6-7)2-1-5-11;7-5-1-2-9-6(3-5)4-8;2-1-4-3/h3-6H,1-2H2;1-3H,4,8H2;3H. The van der Waals surface area contributed by atoms with Crippen LogP contribution in [0.15, 0.2) is 45.6 Å². The normalized spacial score (nSPS) is 8.62. The minimum atomic E-state index is 0.499. The topological polar surface area (TPSA) is 122 Å². The first kappa shape index (κ1) is 22.1. The Morgan fingerprint density at radius 3 is 2.08 bits per heavy atom. The summed E-state index contributed by atoms with van der Waals surface area (Å²) in [7, 11) is 0. The Morgan fingerprint density at radius 1 is 1.21 bits per heavy atom. The third-order valence-electron chi connectivity index (χ3n) is 2.33. The van der Waals surface area contributed by atoms with Crippen molar-refractivity contribution < 1.29 is 14.9 Å². The van der Waals surface area contributed by atoms with Crippen molar-refractivity contribution in [3.8, 4) is 6.26 Å². The Kier molecular flexibility index (Phi) is 13.6. The summed E-state index contributed by atoms with van der Waals surface area (Å²) in [4.78, 5) is 21.0. The number of aromatic nitrogens is 2. The smallest absolute Gasteiger partial charge is 0.324 e. The van der Waals surface area contributed by atoms with Crippen LogP contribution in [0.25, 0.3) is 0 Å². The van der Waals surface area contributed by atoms with Crippen LogP contribution < -0.4 is 5.73 Å². The Morgan fingerprint density at radius 2 is 1.71 bits per heavy atom. The van der Waals surface area contributed by atoms with Crippen molar-refractivity contribution in [2.24, 2.45) is 5.73 Å². The van der Waals surface area contributed by atoms with Gasteiger partial charge in [-0.3, -0.25) is 14.9 Å². The highest BCUT2D eigenvalue weighted by molar-refractivity contribution is 9.10. The van der Waals surface area contributed by atoms with E-state index < -0.39 is 0 Å². The Hall–Kier alpha value is -1.86. The Balaban J connectivity index is 0.000000367. The zero-order valence-electron chi connectivity index (χ0n) is 12.6. The lowest BCUT2D eigenvalue weighted by Crippen LogP contribution is -1.97. The first-order valence-electron chi connectivity index (χ1n) is 6.61. The second kappa shape index (κ2) is 14.7. The first-order chi connectivity index (χ1) is 11.6. The molecular weight excluding hydrogens is 444 g/mol. The number of rotatable bonds is 4. The predicted octanol–water partition coefficient (Wildman–Crippen LogP) is 3.24. The largest absolute Gasteiger partial charge is 0.325 e. The maximum Gasteiger partial charge on any atom is 0.324 e. The molecule has 2 heterocycles. The SMILES string of the molecule is N#COO.NCc1cc(Br)ccn1.O=CCCc1cc(Br)ccn1. The fraction of sp³-hybridized carbons (Fsp3) is 0.200. The number of halogens is 2. The van der Waals surface area contributed by atoms with Gasteiger partial charge in [-0.25, -0.2) is 0 Å². The van der Waals surface area contributed by atoms with Crippen molar-refractivity contribution in [1.82, 2.24) is 9.97 Å². The molecular formula is C15H16Br2N4O3. The summed E-state index contributed by atoms with van der Waals surface area (Å²) in [5, 5.41) is 14.2. The molecule has 2 aromatic heterocycles. The van der Waals surface area contributed by atoms with Crippen LogP contribution in [0.2, 0.25) is 0 Å². The third-order valence-corrected chi connectivity index (χ3v) is 3.31. The van der Waals surface area contributed by atoms with Crippen molar-refractivity contribution in [1.29, 1.82) is 5.26 Å². The summed E-state index contributed by atoms with van der Waals surface area (Å²) in [6, 6.07) is 7.56. The van der Waals surface area contributed by atoms with Gasteiger partial charge in [0, 0.05) is 40.0 Å². The molecule has 0 saturated carbocycles. The van der Waals surface area contributed by atoms with E-state index in [2.05, 4.69) is 46.7 Å². The molecule has 128 valence electrons. The summed E-state index contributed by atoms with van der Waals surface area (Å²) in [5.74, 6) is 0. The molecule has 9 heteroatoms. The molecule has 0 aromatic carbocycles. The van der Waals surface area contributed by atoms with Gasteiger partial charge < -0.3 is 10.5 Å². The van der Waals surface area contributed by atoms with Crippen LogP contribution in [0.5, 0.6) is 0 Å². The maximum atomic E-state index is 10.0. The van der Waals surface area contributed by atoms with Crippen molar-refractivity contribution >= 4 is 38.1 Å². The van der Waals surface area contributed by atoms with E-state index in [4.69, 9.17) is 16.3 Å². The second-order valence-electron chi connectivity index (χ2n) is 4.02. The molecule has 0 bridgehead atoms. The summed E-state index contributed by atoms with van der Waals surface area (Å²) in [5.41, 5.74) is 7.19. The number of nitriles is 1. The van der Waals surface area contributed by atoms with Crippen molar-refractivity contribution in [2.45, 2.75) is 19.4 Å². The number of carbonyl (C=O) groups excluding carboxylic acids is 1. The fourth-order valence-electron chi connectivity index (χ4n) is 1.35. The zero-order chi connectivity index (χ0) is 18.2. The van der Waals surface area contributed by atoms with Gasteiger partial charge in [0.2, 0.25) is 0 Å². The minimum Gasteiger partial charge on any atom is -0.325 e. The molecule has 0 fully saturated rings. The number of nitrogens with two attached hydrogens (primary N) is 1. The zero-order valence-corrected chi connectivity index (χ0v) is 15.8. The van der Waals surface area contributed by atoms with E-state index in [1.54, 1.807) is 12.4 Å². The molecule has 0 aliphatic rings. The monoisotopic (exact) mass is 458 g/mol. The Labute approximate surface area is 156 Å². The van der Waals surface area contributed by atoms with E-state index in [1.807, 2.05) is 24.3 Å². The van der Waals surface area contributed by atoms with Gasteiger partial charge in [-0.1, -0.05) is 31.9 Å². The molecule has 0 aliphatic carbocycles. The maximum absolute atomic E-state index is 10.0. The Bertz CT molecular complexity index is 651. The van der Waals surface area contributed by atoms with E-state index in [0.29, 0.717) is 13.0 Å². The molecule has 0 atom stereocenters. The number of nitrogens with zero attached hydrogens (tertiary/aromatic N) is 3. The van der Waals surface area contributed by atoms with Crippen LogP contribution in [0.4, 0.5) is 0 Å². The first-order valence-corrected chi connectivity index (χ1v) is 8.20. The number of hydrogen-bond donors (Lipinski definition) is 2. The van der Waals surface area contributed by atoms with Gasteiger partial charge in [-0.05, 0) is 30.7 Å². The van der Waals surface area contributed by atoms with E-state index >= 15 is 0 Å². The number of carbonyl (C=O) groups is 1. The highest BCUT2D eigenvalue weighted by atomic mass is 79.9. The minimum absolute atomic E-state index is 0.499. The highest BCUT2D eigenvalue weighted by Crippen LogP contribution is 2.10. The fourth-order valence-corrected chi connectivity index (χ4v) is 2.12. The molecule has 0 radical (unpaired) electrons. The van der Waals surface area contributed by atoms with Crippen LogP contribution >= 0.6 is 31.9 Å². The lowest BCUT2D eigenvalue weighted by Gasteiger charge is -1.95. The molecule has 24 heavy (non-hydrogen) atoms. The molecule has 0 unspecified atom stereocenters. The third kappa shape index (κ3) is 11.7. The van der Waals surface area contributed by atoms with Crippen LogP contribution in [0.1, 0.15) is 17.8 Å². The second-order valence-corrected chi connectivity index (χ2v) is 5.85. The number of hydrogen-bond acceptors (Lipinski definition) is 7. The number of aldehydes is 1. The molecule has 3 N–H and O–H groups in total. The van der Waals surface area contributed by atoms with Gasteiger partial charge in [0.05, 0.1) is 5.69 Å². The number of pyridine rings is 2. The molecule has 0 amide bonds. The van der Waals surface area contributed by atoms with E-state index in [-0.39, 0.29) is 0 Å². The quantitative estimate of drug-likeness (QED) is 0.311. The predicted molar refractivity (Wildman–Crippen MR) is 95.5 cm³/mol. The van der Waals surface area contributed by atoms with E-state index in [1.165, 1.54) is 0 Å². The lowest BCUT2D eigenvalue weighted by atomic mass is 10.2. The lowest BCUT2D eigenvalue weighted by molar-refractivity contribution is -0.174. The molecule has 0 aliphatic heterocycles. The van der Waals surface area contributed by atoms with E-state index in [9.17, 15) is 4.79 Å². The van der Waals surface area contributed by atoms with Crippen LogP contribution in [-0.4, -0.2) is 21.5 Å². The molecule has 7 nitrogen and oxygen atoms in total. The molecule has 2 aromatic rings. The number of aryl methyl sites for hydroxylation is 1. The van der Waals surface area contributed by atoms with Gasteiger partial charge >= 0.3 is 6.26 Å². The molecule has 2 rings (SSSR count). The summed E-state index contributed by atoms with van der Waals surface area (Å²) in [6.45, 7) is 0.499. The van der Waals surface area contributed by atoms with Gasteiger partial charge in [-0.2, -0.15) is 5.26 Å². The average Bonchev–Trinajstić information content (AvgIpc) is 2.61. The van der Waals surface area contributed by atoms with E-state index in [0.717, 1.165) is 39.3 Å². The van der Waals surface area contributed by atoms with Gasteiger partial charge in [0.15, 0.2) is 0 Å². The summed E-state index contributed by atoms with van der Waals surface area (Å²) in [6.07, 6.45) is 6.62. The van der Waals surface area contributed by atoms with Crippen molar-refractivity contribution in [2.75, 3.05) is 0 Å². The van der Waals surface area contributed by atoms with Crippen molar-refractivity contribution in [3.05, 3.63) is 57.0 Å². The molecule has 0 spiro atoms. The summed E-state index contributed by atoms with van der Waals surface area (Å²) < 4.78 is 2.03. The summed E-state index contributed by atoms with van der Waals surface area (Å²) >= 11 is 6.63. The van der Waals surface area contributed by atoms with Gasteiger partial charge in [0.25, 0.3) is 0 Å². The van der Waals surface area contributed by atoms with Crippen molar-refractivity contribution in [3.63, 3.8) is 0 Å². The molecule has 0 saturated heterocycles. The van der Waals surface area contributed by atoms with Gasteiger partial charge in [0.1, 0.15) is 6.29 Å².